The summed E-state index contributed by atoms with van der Waals surface area (Å²) in [5.41, 5.74) is 6.05. The maximum atomic E-state index is 13.2. The van der Waals surface area contributed by atoms with Crippen LogP contribution in [-0.4, -0.2) is 17.0 Å². The van der Waals surface area contributed by atoms with E-state index in [-0.39, 0.29) is 11.5 Å². The topological polar surface area (TPSA) is 99.6 Å². The van der Waals surface area contributed by atoms with Crippen molar-refractivity contribution in [3.05, 3.63) is 35.6 Å². The third kappa shape index (κ3) is 2.87. The van der Waals surface area contributed by atoms with Crippen LogP contribution in [0, 0.1) is 17.1 Å². The molecule has 1 aromatic heterocycles. The summed E-state index contributed by atoms with van der Waals surface area (Å²) in [6.07, 6.45) is 0. The van der Waals surface area contributed by atoms with Gasteiger partial charge in [-0.15, -0.1) is 0 Å². The summed E-state index contributed by atoms with van der Waals surface area (Å²) < 4.78 is 13.2. The molecule has 7 heteroatoms. The molecule has 0 aliphatic carbocycles. The lowest BCUT2D eigenvalue weighted by Gasteiger charge is -2.08. The van der Waals surface area contributed by atoms with E-state index in [1.54, 1.807) is 19.2 Å². The molecule has 0 saturated heterocycles. The Morgan fingerprint density at radius 3 is 2.68 bits per heavy atom. The fraction of sp³-hybridized carbons (Fsp3) is 0.0833. The van der Waals surface area contributed by atoms with E-state index in [0.29, 0.717) is 17.3 Å². The number of rotatable bonds is 3. The summed E-state index contributed by atoms with van der Waals surface area (Å²) in [5.74, 6) is 0.549. The summed E-state index contributed by atoms with van der Waals surface area (Å²) in [5, 5.41) is 14.5. The summed E-state index contributed by atoms with van der Waals surface area (Å²) in [6.45, 7) is 0. The quantitative estimate of drug-likeness (QED) is 0.777. The zero-order chi connectivity index (χ0) is 13.8. The number of hydrogen-bond donors (Lipinski definition) is 3. The molecule has 19 heavy (non-hydrogen) atoms. The molecule has 0 fully saturated rings. The van der Waals surface area contributed by atoms with Crippen molar-refractivity contribution in [3.63, 3.8) is 0 Å². The Morgan fingerprint density at radius 1 is 1.26 bits per heavy atom. The van der Waals surface area contributed by atoms with Crippen molar-refractivity contribution in [2.75, 3.05) is 23.4 Å². The minimum atomic E-state index is -0.564. The Hall–Kier alpha value is -2.88. The number of nitrogens with two attached hydrogens (primary N) is 1. The van der Waals surface area contributed by atoms with Gasteiger partial charge < -0.3 is 16.4 Å². The number of nitriles is 1. The molecule has 0 atom stereocenters. The number of hydrogen-bond acceptors (Lipinski definition) is 6. The number of halogens is 1. The number of nitrogens with one attached hydrogen (secondary N) is 2. The van der Waals surface area contributed by atoms with Gasteiger partial charge in [0.15, 0.2) is 0 Å². The predicted molar refractivity (Wildman–Crippen MR) is 70.4 cm³/mol. The van der Waals surface area contributed by atoms with Gasteiger partial charge in [0.05, 0.1) is 5.56 Å². The van der Waals surface area contributed by atoms with E-state index in [1.165, 1.54) is 18.2 Å². The van der Waals surface area contributed by atoms with E-state index < -0.39 is 5.82 Å². The maximum absolute atomic E-state index is 13.2. The molecule has 0 unspecified atom stereocenters. The first-order valence-electron chi connectivity index (χ1n) is 5.41. The molecule has 1 aromatic carbocycles. The van der Waals surface area contributed by atoms with Crippen LogP contribution in [0.3, 0.4) is 0 Å². The second-order valence-corrected chi connectivity index (χ2v) is 3.68. The van der Waals surface area contributed by atoms with Crippen molar-refractivity contribution >= 4 is 23.3 Å². The van der Waals surface area contributed by atoms with Crippen LogP contribution in [0.25, 0.3) is 0 Å². The third-order valence-corrected chi connectivity index (χ3v) is 2.36. The molecule has 2 aromatic rings. The number of nitrogens with zero attached hydrogens (tertiary/aromatic N) is 3. The van der Waals surface area contributed by atoms with Crippen LogP contribution in [0.2, 0.25) is 0 Å². The lowest BCUT2D eigenvalue weighted by atomic mass is 10.2. The van der Waals surface area contributed by atoms with Gasteiger partial charge in [-0.3, -0.25) is 0 Å². The smallest absolute Gasteiger partial charge is 0.223 e. The lowest BCUT2D eigenvalue weighted by molar-refractivity contribution is 0.624. The summed E-state index contributed by atoms with van der Waals surface area (Å²) in [7, 11) is 1.71. The molecule has 0 saturated carbocycles. The maximum Gasteiger partial charge on any atom is 0.223 e. The van der Waals surface area contributed by atoms with Crippen LogP contribution in [0.5, 0.6) is 0 Å². The molecule has 0 aliphatic heterocycles. The van der Waals surface area contributed by atoms with Crippen LogP contribution < -0.4 is 16.4 Å². The molecule has 6 nitrogen and oxygen atoms in total. The molecule has 0 aliphatic rings. The minimum Gasteiger partial charge on any atom is -0.373 e. The second-order valence-electron chi connectivity index (χ2n) is 3.68. The molecular weight excluding hydrogens is 247 g/mol. The van der Waals surface area contributed by atoms with Crippen LogP contribution in [0.1, 0.15) is 5.56 Å². The van der Waals surface area contributed by atoms with E-state index in [0.717, 1.165) is 0 Å². The molecule has 4 N–H and O–H groups in total. The minimum absolute atomic E-state index is 0.0409. The van der Waals surface area contributed by atoms with Crippen molar-refractivity contribution < 1.29 is 4.39 Å². The zero-order valence-electron chi connectivity index (χ0n) is 10.1. The molecule has 1 heterocycles. The highest BCUT2D eigenvalue weighted by Crippen LogP contribution is 2.20. The first-order chi connectivity index (χ1) is 9.12. The first kappa shape index (κ1) is 12.6. The predicted octanol–water partition coefficient (Wildman–Crippen LogP) is 1.85. The fourth-order valence-electron chi connectivity index (χ4n) is 1.49. The van der Waals surface area contributed by atoms with Crippen LogP contribution in [0.15, 0.2) is 24.3 Å². The average Bonchev–Trinajstić information content (AvgIpc) is 2.40. The monoisotopic (exact) mass is 258 g/mol. The molecule has 2 rings (SSSR count). The Labute approximate surface area is 109 Å². The van der Waals surface area contributed by atoms with E-state index in [2.05, 4.69) is 20.6 Å². The lowest BCUT2D eigenvalue weighted by Crippen LogP contribution is -2.03. The van der Waals surface area contributed by atoms with E-state index in [9.17, 15) is 4.39 Å². The summed E-state index contributed by atoms with van der Waals surface area (Å²) >= 11 is 0. The Bertz CT molecular complexity index is 649. The highest BCUT2D eigenvalue weighted by molar-refractivity contribution is 5.62. The average molecular weight is 258 g/mol. The van der Waals surface area contributed by atoms with Gasteiger partial charge in [0.25, 0.3) is 0 Å². The van der Waals surface area contributed by atoms with Gasteiger partial charge in [-0.1, -0.05) is 0 Å². The van der Waals surface area contributed by atoms with Gasteiger partial charge in [-0.2, -0.15) is 15.2 Å². The zero-order valence-corrected chi connectivity index (χ0v) is 10.1. The molecule has 0 radical (unpaired) electrons. The van der Waals surface area contributed by atoms with Gasteiger partial charge in [-0.25, -0.2) is 4.39 Å². The number of nitrogen functional groups attached to an aromatic ring is 1. The van der Waals surface area contributed by atoms with Crippen molar-refractivity contribution in [3.8, 4) is 6.07 Å². The van der Waals surface area contributed by atoms with Gasteiger partial charge >= 0.3 is 0 Å². The van der Waals surface area contributed by atoms with Crippen molar-refractivity contribution in [1.82, 2.24) is 9.97 Å². The van der Waals surface area contributed by atoms with Gasteiger partial charge in [0.2, 0.25) is 5.95 Å². The summed E-state index contributed by atoms with van der Waals surface area (Å²) in [4.78, 5) is 7.94. The van der Waals surface area contributed by atoms with Crippen molar-refractivity contribution in [2.24, 2.45) is 0 Å². The highest BCUT2D eigenvalue weighted by atomic mass is 19.1. The Morgan fingerprint density at radius 2 is 2.00 bits per heavy atom. The standard InChI is InChI=1S/C12H11FN6/c1-16-10-5-11(19-12(15)18-10)17-8-2-3-9(13)7(4-8)6-14/h2-5H,1H3,(H4,15,16,17,18,19). The van der Waals surface area contributed by atoms with Crippen molar-refractivity contribution in [2.45, 2.75) is 0 Å². The van der Waals surface area contributed by atoms with Crippen molar-refractivity contribution in [1.29, 1.82) is 5.26 Å². The second kappa shape index (κ2) is 5.18. The fourth-order valence-corrected chi connectivity index (χ4v) is 1.49. The van der Waals surface area contributed by atoms with E-state index in [4.69, 9.17) is 11.0 Å². The Kier molecular flexibility index (Phi) is 3.43. The van der Waals surface area contributed by atoms with Crippen LogP contribution >= 0.6 is 0 Å². The molecule has 0 bridgehead atoms. The molecule has 96 valence electrons. The SMILES string of the molecule is CNc1cc(Nc2ccc(F)c(C#N)c2)nc(N)n1. The molecular formula is C12H11FN6. The first-order valence-corrected chi connectivity index (χ1v) is 5.41. The van der Waals surface area contributed by atoms with E-state index >= 15 is 0 Å². The largest absolute Gasteiger partial charge is 0.373 e. The van der Waals surface area contributed by atoms with Gasteiger partial charge in [0, 0.05) is 18.8 Å². The number of anilines is 4. The van der Waals surface area contributed by atoms with Crippen LogP contribution in [0.4, 0.5) is 27.7 Å². The van der Waals surface area contributed by atoms with Crippen LogP contribution in [-0.2, 0) is 0 Å². The van der Waals surface area contributed by atoms with Gasteiger partial charge in [-0.05, 0) is 18.2 Å². The summed E-state index contributed by atoms with van der Waals surface area (Å²) in [6, 6.07) is 7.53. The number of aromatic nitrogens is 2. The van der Waals surface area contributed by atoms with E-state index in [1.807, 2.05) is 0 Å². The third-order valence-electron chi connectivity index (χ3n) is 2.36. The molecule has 0 spiro atoms. The normalized spacial score (nSPS) is 9.74. The highest BCUT2D eigenvalue weighted by Gasteiger charge is 2.05. The molecule has 0 amide bonds. The van der Waals surface area contributed by atoms with Gasteiger partial charge in [0.1, 0.15) is 23.5 Å². The number of benzene rings is 1. The Balaban J connectivity index is 2.31.